The Kier molecular flexibility index (Phi) is 3.83. The highest BCUT2D eigenvalue weighted by molar-refractivity contribution is 7.98. The van der Waals surface area contributed by atoms with E-state index < -0.39 is 39.7 Å². The zero-order valence-corrected chi connectivity index (χ0v) is 11.7. The number of carbonyl (C=O) groups excluding carboxylic acids is 1. The second-order valence-electron chi connectivity index (χ2n) is 4.29. The van der Waals surface area contributed by atoms with Gasteiger partial charge in [0.25, 0.3) is 0 Å². The van der Waals surface area contributed by atoms with Crippen molar-refractivity contribution < 1.29 is 22.4 Å². The molecule has 0 atom stereocenters. The number of aromatic amines is 1. The van der Waals surface area contributed by atoms with Crippen molar-refractivity contribution in [1.82, 2.24) is 4.98 Å². The molecule has 1 heterocycles. The van der Waals surface area contributed by atoms with Crippen molar-refractivity contribution in [2.24, 2.45) is 0 Å². The van der Waals surface area contributed by atoms with Crippen LogP contribution in [0.15, 0.2) is 22.0 Å². The minimum Gasteiger partial charge on any atom is -0.348 e. The van der Waals surface area contributed by atoms with Crippen molar-refractivity contribution in [1.29, 1.82) is 0 Å². The van der Waals surface area contributed by atoms with E-state index in [0.29, 0.717) is 12.1 Å². The van der Waals surface area contributed by atoms with Crippen molar-refractivity contribution in [3.63, 3.8) is 0 Å². The van der Waals surface area contributed by atoms with E-state index >= 15 is 0 Å². The zero-order valence-electron chi connectivity index (χ0n) is 10.9. The Bertz CT molecular complexity index is 795. The molecule has 21 heavy (non-hydrogen) atoms. The molecule has 0 saturated carbocycles. The molecule has 0 bridgehead atoms. The van der Waals surface area contributed by atoms with Gasteiger partial charge >= 0.3 is 6.18 Å². The monoisotopic (exact) mass is 319 g/mol. The third-order valence-corrected chi connectivity index (χ3v) is 3.62. The molecule has 0 aliphatic heterocycles. The highest BCUT2D eigenvalue weighted by atomic mass is 32.2. The highest BCUT2D eigenvalue weighted by Gasteiger charge is 2.34. The lowest BCUT2D eigenvalue weighted by Gasteiger charge is -2.13. The first-order valence-electron chi connectivity index (χ1n) is 5.68. The number of aromatic nitrogens is 1. The van der Waals surface area contributed by atoms with E-state index in [2.05, 4.69) is 4.98 Å². The number of pyridine rings is 1. The molecule has 0 aliphatic rings. The predicted molar refractivity (Wildman–Crippen MR) is 71.3 cm³/mol. The summed E-state index contributed by atoms with van der Waals surface area (Å²) in [4.78, 5) is 26.1. The van der Waals surface area contributed by atoms with Gasteiger partial charge in [0.05, 0.1) is 21.7 Å². The Morgan fingerprint density at radius 3 is 2.38 bits per heavy atom. The van der Waals surface area contributed by atoms with Crippen LogP contribution in [0, 0.1) is 5.82 Å². The van der Waals surface area contributed by atoms with Crippen LogP contribution in [-0.4, -0.2) is 17.0 Å². The molecular formula is C13H9F4NO2S. The van der Waals surface area contributed by atoms with E-state index in [0.717, 1.165) is 18.7 Å². The molecule has 2 aromatic rings. The second kappa shape index (κ2) is 5.18. The van der Waals surface area contributed by atoms with Gasteiger partial charge in [-0.25, -0.2) is 4.39 Å². The summed E-state index contributed by atoms with van der Waals surface area (Å²) < 4.78 is 52.3. The Hall–Kier alpha value is -1.83. The second-order valence-corrected chi connectivity index (χ2v) is 5.11. The summed E-state index contributed by atoms with van der Waals surface area (Å²) in [5.41, 5.74) is -2.98. The Morgan fingerprint density at radius 2 is 1.90 bits per heavy atom. The molecule has 0 unspecified atom stereocenters. The Labute approximate surface area is 120 Å². The van der Waals surface area contributed by atoms with Gasteiger partial charge in [-0.3, -0.25) is 9.59 Å². The third-order valence-electron chi connectivity index (χ3n) is 2.90. The van der Waals surface area contributed by atoms with Crippen molar-refractivity contribution in [2.75, 3.05) is 6.26 Å². The lowest BCUT2D eigenvalue weighted by atomic mass is 10.1. The van der Waals surface area contributed by atoms with Crippen molar-refractivity contribution in [3.8, 4) is 0 Å². The number of alkyl halides is 3. The van der Waals surface area contributed by atoms with E-state index in [1.54, 1.807) is 0 Å². The fourth-order valence-electron chi connectivity index (χ4n) is 2.03. The number of hydrogen-bond donors (Lipinski definition) is 1. The first-order chi connectivity index (χ1) is 9.66. The summed E-state index contributed by atoms with van der Waals surface area (Å²) in [6.07, 6.45) is -3.31. The largest absolute Gasteiger partial charge is 0.418 e. The predicted octanol–water partition coefficient (Wildman–Crippen LogP) is 3.61. The van der Waals surface area contributed by atoms with E-state index in [9.17, 15) is 27.2 Å². The molecular weight excluding hydrogens is 310 g/mol. The lowest BCUT2D eigenvalue weighted by Crippen LogP contribution is -2.18. The number of nitrogens with one attached hydrogen (secondary N) is 1. The number of hydrogen-bond acceptors (Lipinski definition) is 3. The first kappa shape index (κ1) is 15.6. The normalized spacial score (nSPS) is 11.9. The first-order valence-corrected chi connectivity index (χ1v) is 6.91. The van der Waals surface area contributed by atoms with E-state index in [1.165, 1.54) is 6.26 Å². The maximum absolute atomic E-state index is 13.4. The number of Topliss-reactive ketones (excluding diaryl/α,β-unsaturated/α-hetero) is 1. The lowest BCUT2D eigenvalue weighted by molar-refractivity contribution is -0.136. The van der Waals surface area contributed by atoms with Crippen LogP contribution in [0.25, 0.3) is 10.9 Å². The van der Waals surface area contributed by atoms with Crippen LogP contribution in [0.5, 0.6) is 0 Å². The number of rotatable bonds is 2. The zero-order chi connectivity index (χ0) is 15.9. The number of fused-ring (bicyclic) bond motifs is 1. The van der Waals surface area contributed by atoms with Crippen molar-refractivity contribution in [3.05, 3.63) is 39.3 Å². The average Bonchev–Trinajstić information content (AvgIpc) is 2.36. The third kappa shape index (κ3) is 2.67. The number of H-pyrrole nitrogens is 1. The van der Waals surface area contributed by atoms with E-state index in [1.807, 2.05) is 0 Å². The Balaban J connectivity index is 3.04. The van der Waals surface area contributed by atoms with Gasteiger partial charge in [0, 0.05) is 5.39 Å². The van der Waals surface area contributed by atoms with Crippen LogP contribution in [0.1, 0.15) is 22.8 Å². The SMILES string of the molecule is CSc1[nH]c2c(C(F)(F)F)cc(F)cc2c(=O)c1C(C)=O. The van der Waals surface area contributed by atoms with Crippen LogP contribution in [0.2, 0.25) is 0 Å². The van der Waals surface area contributed by atoms with Crippen LogP contribution < -0.4 is 5.43 Å². The van der Waals surface area contributed by atoms with Gasteiger partial charge in [0.2, 0.25) is 5.43 Å². The molecule has 112 valence electrons. The van der Waals surface area contributed by atoms with E-state index in [4.69, 9.17) is 0 Å². The standard InChI is InChI=1S/C13H9F4NO2S/c1-5(19)9-11(20)7-3-6(14)4-8(13(15,16)17)10(7)18-12(9)21-2/h3-4H,1-2H3,(H,18,20). The smallest absolute Gasteiger partial charge is 0.348 e. The molecule has 8 heteroatoms. The number of carbonyl (C=O) groups is 1. The molecule has 0 aliphatic carbocycles. The molecule has 0 spiro atoms. The summed E-state index contributed by atoms with van der Waals surface area (Å²) >= 11 is 0.939. The quantitative estimate of drug-likeness (QED) is 0.523. The molecule has 1 N–H and O–H groups in total. The summed E-state index contributed by atoms with van der Waals surface area (Å²) in [5.74, 6) is -1.79. The molecule has 3 nitrogen and oxygen atoms in total. The highest BCUT2D eigenvalue weighted by Crippen LogP contribution is 2.35. The van der Waals surface area contributed by atoms with Gasteiger partial charge < -0.3 is 4.98 Å². The van der Waals surface area contributed by atoms with Gasteiger partial charge in [-0.05, 0) is 25.3 Å². The Morgan fingerprint density at radius 1 is 1.29 bits per heavy atom. The van der Waals surface area contributed by atoms with Gasteiger partial charge in [-0.15, -0.1) is 11.8 Å². The molecule has 0 amide bonds. The molecule has 1 aromatic heterocycles. The molecule has 1 aromatic carbocycles. The number of benzene rings is 1. The van der Waals surface area contributed by atoms with Gasteiger partial charge in [-0.2, -0.15) is 13.2 Å². The topological polar surface area (TPSA) is 49.9 Å². The van der Waals surface area contributed by atoms with Crippen LogP contribution in [0.3, 0.4) is 0 Å². The van der Waals surface area contributed by atoms with Crippen molar-refractivity contribution in [2.45, 2.75) is 18.1 Å². The van der Waals surface area contributed by atoms with Crippen molar-refractivity contribution >= 4 is 28.4 Å². The van der Waals surface area contributed by atoms with Crippen LogP contribution in [0.4, 0.5) is 17.6 Å². The maximum Gasteiger partial charge on any atom is 0.418 e. The molecule has 0 saturated heterocycles. The van der Waals surface area contributed by atoms with Gasteiger partial charge in [0.1, 0.15) is 5.82 Å². The summed E-state index contributed by atoms with van der Waals surface area (Å²) in [5, 5.41) is -0.470. The number of ketones is 1. The van der Waals surface area contributed by atoms with E-state index in [-0.39, 0.29) is 10.6 Å². The average molecular weight is 319 g/mol. The van der Waals surface area contributed by atoms with Gasteiger partial charge in [-0.1, -0.05) is 0 Å². The summed E-state index contributed by atoms with van der Waals surface area (Å²) in [6, 6.07) is 1.01. The summed E-state index contributed by atoms with van der Waals surface area (Å²) in [6.45, 7) is 1.13. The van der Waals surface area contributed by atoms with Crippen LogP contribution in [-0.2, 0) is 6.18 Å². The fourth-order valence-corrected chi connectivity index (χ4v) is 2.68. The van der Waals surface area contributed by atoms with Crippen LogP contribution >= 0.6 is 11.8 Å². The summed E-state index contributed by atoms with van der Waals surface area (Å²) in [7, 11) is 0. The minimum atomic E-state index is -4.82. The minimum absolute atomic E-state index is 0.0251. The molecule has 2 rings (SSSR count). The fraction of sp³-hybridized carbons (Fsp3) is 0.231. The molecule has 0 fully saturated rings. The number of thioether (sulfide) groups is 1. The maximum atomic E-state index is 13.4. The molecule has 0 radical (unpaired) electrons. The number of halogens is 4. The van der Waals surface area contributed by atoms with Gasteiger partial charge in [0.15, 0.2) is 5.78 Å².